The quantitative estimate of drug-likeness (QED) is 0.793. The molecule has 5 nitrogen and oxygen atoms in total. The molecule has 132 valence electrons. The number of methoxy groups -OCH3 is 2. The van der Waals surface area contributed by atoms with Crippen molar-refractivity contribution in [3.8, 4) is 11.5 Å². The first kappa shape index (κ1) is 17.5. The molecule has 2 N–H and O–H groups in total. The van der Waals surface area contributed by atoms with Gasteiger partial charge < -0.3 is 20.1 Å². The Hall–Kier alpha value is -2.34. The van der Waals surface area contributed by atoms with Gasteiger partial charge in [-0.2, -0.15) is 0 Å². The summed E-state index contributed by atoms with van der Waals surface area (Å²) in [5, 5.41) is 7.36. The predicted molar refractivity (Wildman–Crippen MR) is 103 cm³/mol. The maximum atomic E-state index is 5.58. The van der Waals surface area contributed by atoms with Crippen LogP contribution in [0.1, 0.15) is 31.2 Å². The van der Waals surface area contributed by atoms with Crippen LogP contribution in [0, 0.1) is 0 Å². The molecule has 0 aliphatic heterocycles. The zero-order valence-electron chi connectivity index (χ0n) is 14.5. The maximum Gasteiger partial charge on any atom is 0.171 e. The van der Waals surface area contributed by atoms with Gasteiger partial charge >= 0.3 is 0 Å². The number of thiocarbonyl (C=S) groups is 1. The number of pyridine rings is 1. The number of hydrogen-bond donors (Lipinski definition) is 2. The first-order chi connectivity index (χ1) is 12.2. The average molecular weight is 357 g/mol. The molecule has 1 heterocycles. The van der Waals surface area contributed by atoms with E-state index in [4.69, 9.17) is 21.7 Å². The number of nitrogens with zero attached hydrogens (tertiary/aromatic N) is 1. The minimum absolute atomic E-state index is 0.155. The number of ether oxygens (including phenoxy) is 2. The second-order valence-electron chi connectivity index (χ2n) is 6.18. The van der Waals surface area contributed by atoms with E-state index in [0.29, 0.717) is 10.9 Å². The van der Waals surface area contributed by atoms with Gasteiger partial charge in [-0.3, -0.25) is 4.98 Å². The number of nitrogens with one attached hydrogen (secondary N) is 2. The van der Waals surface area contributed by atoms with Crippen LogP contribution in [0.5, 0.6) is 11.5 Å². The lowest BCUT2D eigenvalue weighted by Gasteiger charge is -2.32. The lowest BCUT2D eigenvalue weighted by Crippen LogP contribution is -2.45. The Labute approximate surface area is 153 Å². The van der Waals surface area contributed by atoms with E-state index in [1.165, 1.54) is 18.4 Å². The first-order valence-corrected chi connectivity index (χ1v) is 8.79. The van der Waals surface area contributed by atoms with Gasteiger partial charge in [-0.15, -0.1) is 0 Å². The number of anilines is 1. The monoisotopic (exact) mass is 357 g/mol. The van der Waals surface area contributed by atoms with Crippen molar-refractivity contribution in [2.24, 2.45) is 0 Å². The molecule has 1 aromatic heterocycles. The molecule has 1 saturated carbocycles. The van der Waals surface area contributed by atoms with E-state index in [1.54, 1.807) is 20.4 Å². The van der Waals surface area contributed by atoms with Crippen molar-refractivity contribution in [2.75, 3.05) is 19.5 Å². The van der Waals surface area contributed by atoms with Gasteiger partial charge in [-0.1, -0.05) is 18.9 Å². The number of hydrogen-bond acceptors (Lipinski definition) is 4. The van der Waals surface area contributed by atoms with Crippen molar-refractivity contribution in [3.05, 3.63) is 48.3 Å². The summed E-state index contributed by atoms with van der Waals surface area (Å²) in [5.41, 5.74) is 1.83. The molecule has 1 aliphatic rings. The predicted octanol–water partition coefficient (Wildman–Crippen LogP) is 3.85. The molecule has 0 spiro atoms. The van der Waals surface area contributed by atoms with Crippen LogP contribution in [0.25, 0.3) is 0 Å². The van der Waals surface area contributed by atoms with Gasteiger partial charge in [-0.25, -0.2) is 0 Å². The SMILES string of the molecule is COc1ccc(NC(=S)NC2(c3cccnc3)CCCC2)c(OC)c1. The zero-order valence-corrected chi connectivity index (χ0v) is 15.4. The summed E-state index contributed by atoms with van der Waals surface area (Å²) in [5.74, 6) is 1.43. The number of aromatic nitrogens is 1. The molecule has 2 aromatic rings. The van der Waals surface area contributed by atoms with Crippen LogP contribution >= 0.6 is 12.2 Å². The second kappa shape index (κ2) is 7.70. The molecule has 0 saturated heterocycles. The Morgan fingerprint density at radius 2 is 1.96 bits per heavy atom. The van der Waals surface area contributed by atoms with E-state index < -0.39 is 0 Å². The van der Waals surface area contributed by atoms with E-state index in [0.717, 1.165) is 24.3 Å². The molecule has 6 heteroatoms. The zero-order chi connectivity index (χ0) is 17.7. The van der Waals surface area contributed by atoms with Crippen molar-refractivity contribution in [1.82, 2.24) is 10.3 Å². The van der Waals surface area contributed by atoms with Crippen LogP contribution < -0.4 is 20.1 Å². The number of rotatable bonds is 5. The summed E-state index contributed by atoms with van der Waals surface area (Å²) in [6, 6.07) is 9.69. The third-order valence-electron chi connectivity index (χ3n) is 4.68. The molecule has 0 bridgehead atoms. The number of benzene rings is 1. The standard InChI is InChI=1S/C19H23N3O2S/c1-23-15-7-8-16(17(12-15)24-2)21-18(25)22-19(9-3-4-10-19)14-6-5-11-20-13-14/h5-8,11-13H,3-4,9-10H2,1-2H3,(H2,21,22,25). The van der Waals surface area contributed by atoms with Gasteiger partial charge in [0.05, 0.1) is 25.4 Å². The topological polar surface area (TPSA) is 55.4 Å². The highest BCUT2D eigenvalue weighted by Crippen LogP contribution is 2.38. The lowest BCUT2D eigenvalue weighted by molar-refractivity contribution is 0.395. The molecule has 3 rings (SSSR count). The fraction of sp³-hybridized carbons (Fsp3) is 0.368. The average Bonchev–Trinajstić information content (AvgIpc) is 3.12. The van der Waals surface area contributed by atoms with Crippen molar-refractivity contribution < 1.29 is 9.47 Å². The summed E-state index contributed by atoms with van der Waals surface area (Å²) in [4.78, 5) is 4.27. The van der Waals surface area contributed by atoms with Crippen LogP contribution in [0.4, 0.5) is 5.69 Å². The highest BCUT2D eigenvalue weighted by atomic mass is 32.1. The van der Waals surface area contributed by atoms with E-state index >= 15 is 0 Å². The van der Waals surface area contributed by atoms with Crippen molar-refractivity contribution >= 4 is 23.0 Å². The minimum atomic E-state index is -0.155. The third kappa shape index (κ3) is 3.85. The molecule has 25 heavy (non-hydrogen) atoms. The van der Waals surface area contributed by atoms with E-state index in [2.05, 4.69) is 21.7 Å². The van der Waals surface area contributed by atoms with Crippen LogP contribution in [-0.2, 0) is 5.54 Å². The molecular weight excluding hydrogens is 334 g/mol. The Balaban J connectivity index is 1.77. The van der Waals surface area contributed by atoms with Crippen LogP contribution in [0.15, 0.2) is 42.7 Å². The van der Waals surface area contributed by atoms with Gasteiger partial charge in [0.15, 0.2) is 5.11 Å². The van der Waals surface area contributed by atoms with Gasteiger partial charge in [0.2, 0.25) is 0 Å². The van der Waals surface area contributed by atoms with E-state index in [9.17, 15) is 0 Å². The molecule has 0 amide bonds. The first-order valence-electron chi connectivity index (χ1n) is 8.38. The van der Waals surface area contributed by atoms with Gasteiger partial charge in [0.25, 0.3) is 0 Å². The Morgan fingerprint density at radius 1 is 1.16 bits per heavy atom. The summed E-state index contributed by atoms with van der Waals surface area (Å²) in [6.45, 7) is 0. The Morgan fingerprint density at radius 3 is 2.60 bits per heavy atom. The fourth-order valence-electron chi connectivity index (χ4n) is 3.38. The molecule has 1 aliphatic carbocycles. The van der Waals surface area contributed by atoms with Crippen LogP contribution in [-0.4, -0.2) is 24.3 Å². The van der Waals surface area contributed by atoms with Crippen LogP contribution in [0.3, 0.4) is 0 Å². The molecule has 0 unspecified atom stereocenters. The molecular formula is C19H23N3O2S. The second-order valence-corrected chi connectivity index (χ2v) is 6.58. The fourth-order valence-corrected chi connectivity index (χ4v) is 3.69. The highest BCUT2D eigenvalue weighted by Gasteiger charge is 2.36. The summed E-state index contributed by atoms with van der Waals surface area (Å²) in [6.07, 6.45) is 8.16. The Kier molecular flexibility index (Phi) is 5.38. The molecule has 1 aromatic carbocycles. The molecule has 0 radical (unpaired) electrons. The maximum absolute atomic E-state index is 5.58. The van der Waals surface area contributed by atoms with Gasteiger partial charge in [0, 0.05) is 18.5 Å². The summed E-state index contributed by atoms with van der Waals surface area (Å²) >= 11 is 5.58. The van der Waals surface area contributed by atoms with Crippen molar-refractivity contribution in [2.45, 2.75) is 31.2 Å². The van der Waals surface area contributed by atoms with E-state index in [-0.39, 0.29) is 5.54 Å². The third-order valence-corrected chi connectivity index (χ3v) is 4.89. The minimum Gasteiger partial charge on any atom is -0.497 e. The largest absolute Gasteiger partial charge is 0.497 e. The summed E-state index contributed by atoms with van der Waals surface area (Å²) < 4.78 is 10.7. The van der Waals surface area contributed by atoms with Crippen LogP contribution in [0.2, 0.25) is 0 Å². The molecule has 0 atom stereocenters. The van der Waals surface area contributed by atoms with Crippen molar-refractivity contribution in [1.29, 1.82) is 0 Å². The smallest absolute Gasteiger partial charge is 0.171 e. The van der Waals surface area contributed by atoms with Crippen molar-refractivity contribution in [3.63, 3.8) is 0 Å². The lowest BCUT2D eigenvalue weighted by atomic mass is 9.89. The molecule has 1 fully saturated rings. The van der Waals surface area contributed by atoms with E-state index in [1.807, 2.05) is 30.5 Å². The normalized spacial score (nSPS) is 15.4. The Bertz CT molecular complexity index is 731. The highest BCUT2D eigenvalue weighted by molar-refractivity contribution is 7.80. The van der Waals surface area contributed by atoms with Gasteiger partial charge in [0.1, 0.15) is 11.5 Å². The van der Waals surface area contributed by atoms with Gasteiger partial charge in [-0.05, 0) is 48.8 Å². The summed E-state index contributed by atoms with van der Waals surface area (Å²) in [7, 11) is 3.26.